The van der Waals surface area contributed by atoms with Gasteiger partial charge in [0.2, 0.25) is 23.6 Å². The molecule has 5 atom stereocenters. The first kappa shape index (κ1) is 55.3. The number of aliphatic hydroxyl groups excluding tert-OH is 1. The molecule has 18 nitrogen and oxygen atoms in total. The van der Waals surface area contributed by atoms with Crippen LogP contribution in [0.3, 0.4) is 0 Å². The Balaban J connectivity index is 0.777. The molecule has 0 spiro atoms. The molecule has 9 rings (SSSR count). The lowest BCUT2D eigenvalue weighted by Gasteiger charge is -2.41. The van der Waals surface area contributed by atoms with Crippen LogP contribution >= 0.6 is 34.7 Å². The van der Waals surface area contributed by atoms with Crippen LogP contribution in [0.25, 0.3) is 10.4 Å². The van der Waals surface area contributed by atoms with Crippen molar-refractivity contribution in [3.63, 3.8) is 0 Å². The van der Waals surface area contributed by atoms with E-state index in [1.165, 1.54) is 28.0 Å². The number of aliphatic hydroxyl groups is 1. The van der Waals surface area contributed by atoms with Crippen LogP contribution in [0.15, 0.2) is 64.2 Å². The first-order chi connectivity index (χ1) is 36.2. The topological polar surface area (TPSA) is 229 Å². The van der Waals surface area contributed by atoms with Crippen LogP contribution < -0.4 is 31.3 Å². The summed E-state index contributed by atoms with van der Waals surface area (Å²) in [6.45, 7) is 13.9. The molecule has 2 aromatic heterocycles. The summed E-state index contributed by atoms with van der Waals surface area (Å²) < 4.78 is 21.2. The number of amides is 5. The van der Waals surface area contributed by atoms with Gasteiger partial charge in [0.25, 0.3) is 5.91 Å². The number of nitrogens with two attached hydrogens (primary N) is 1. The number of thiazole rings is 1. The number of fused-ring (bicyclic) bond motifs is 2. The van der Waals surface area contributed by atoms with Crippen molar-refractivity contribution in [1.82, 2.24) is 40.3 Å². The van der Waals surface area contributed by atoms with Crippen LogP contribution in [0.4, 0.5) is 15.9 Å². The summed E-state index contributed by atoms with van der Waals surface area (Å²) in [7, 11) is 0. The summed E-state index contributed by atoms with van der Waals surface area (Å²) in [5.74, 6) is -1.19. The van der Waals surface area contributed by atoms with Gasteiger partial charge in [0.1, 0.15) is 41.7 Å². The highest BCUT2D eigenvalue weighted by molar-refractivity contribution is 7.99. The first-order valence-corrected chi connectivity index (χ1v) is 28.3. The molecule has 0 radical (unpaired) electrons. The third kappa shape index (κ3) is 12.6. The molecule has 6 heterocycles. The number of piperazine rings is 1. The number of aryl methyl sites for hydroxylation is 1. The van der Waals surface area contributed by atoms with Crippen LogP contribution in [0, 0.1) is 17.8 Å². The van der Waals surface area contributed by atoms with Gasteiger partial charge in [0.05, 0.1) is 45.3 Å². The minimum absolute atomic E-state index is 0.00235. The van der Waals surface area contributed by atoms with Gasteiger partial charge < -0.3 is 46.2 Å². The fourth-order valence-electron chi connectivity index (χ4n) is 10.7. The van der Waals surface area contributed by atoms with Crippen molar-refractivity contribution in [1.29, 1.82) is 0 Å². The Morgan fingerprint density at radius 1 is 1.01 bits per heavy atom. The van der Waals surface area contributed by atoms with Gasteiger partial charge in [0, 0.05) is 74.8 Å². The fourth-order valence-corrected chi connectivity index (χ4v) is 12.5. The number of nitrogens with zero attached hydrogens (tertiary/aromatic N) is 7. The van der Waals surface area contributed by atoms with Crippen molar-refractivity contribution in [2.45, 2.75) is 138 Å². The summed E-state index contributed by atoms with van der Waals surface area (Å²) in [4.78, 5) is 91.0. The van der Waals surface area contributed by atoms with Gasteiger partial charge >= 0.3 is 0 Å². The minimum Gasteiger partial charge on any atom is -0.492 e. The van der Waals surface area contributed by atoms with E-state index in [-0.39, 0.29) is 62.2 Å². The number of anilines is 2. The Morgan fingerprint density at radius 3 is 2.39 bits per heavy atom. The Hall–Kier alpha value is -5.45. The van der Waals surface area contributed by atoms with E-state index in [1.54, 1.807) is 50.8 Å². The number of carbonyl (C=O) groups is 5. The van der Waals surface area contributed by atoms with Crippen molar-refractivity contribution in [3.05, 3.63) is 70.6 Å². The zero-order valence-corrected chi connectivity index (χ0v) is 46.2. The number of alkyl halides is 1. The van der Waals surface area contributed by atoms with Gasteiger partial charge in [-0.1, -0.05) is 69.3 Å². The molecule has 5 fully saturated rings. The standard InChI is InChI=1S/C54H69ClFN11O7S2/c1-32-47(75-31-61-32)33-9-10-34(24-60-49(71)39-22-37(68)29-66(39)50(72)48(52(2,3)4)63-51(73)54(56)13-14-54)40(21-33)74-20-19-64-27-35-11-12-36(28-64)67(35)45(70)23-43(69)62-38-7-6-8-41(46(38)55)76-44-26-58-42(25-59-44)65-17-15-53(5,30-57)16-18-65/h6-10,21,25-26,31,35-37,39,48,68H,11-20,22-24,27-30,57H2,1-5H3,(H,60,71)(H,62,69)(H,63,73)/t35?,36?,37?,39?,48-/m1/s1. The molecule has 4 saturated heterocycles. The summed E-state index contributed by atoms with van der Waals surface area (Å²) in [6.07, 6.45) is 6.04. The van der Waals surface area contributed by atoms with E-state index >= 15 is 0 Å². The molecule has 5 aliphatic rings. The summed E-state index contributed by atoms with van der Waals surface area (Å²) in [5.41, 5.74) is 8.01. The van der Waals surface area contributed by atoms with E-state index < -0.39 is 52.9 Å². The molecule has 4 aromatic rings. The second-order valence-corrected chi connectivity index (χ2v) is 24.7. The van der Waals surface area contributed by atoms with Crippen molar-refractivity contribution in [3.8, 4) is 16.2 Å². The number of rotatable bonds is 18. The van der Waals surface area contributed by atoms with Gasteiger partial charge in [-0.3, -0.25) is 28.9 Å². The molecule has 4 aliphatic heterocycles. The number of nitrogens with one attached hydrogen (secondary N) is 3. The average molecular weight is 1100 g/mol. The second-order valence-electron chi connectivity index (χ2n) is 22.4. The zero-order valence-electron chi connectivity index (χ0n) is 43.8. The van der Waals surface area contributed by atoms with Gasteiger partial charge in [-0.05, 0) is 86.6 Å². The molecule has 6 N–H and O–H groups in total. The number of likely N-dealkylation sites (tertiary alicyclic amines) is 2. The van der Waals surface area contributed by atoms with Crippen LogP contribution in [0.2, 0.25) is 5.02 Å². The van der Waals surface area contributed by atoms with Crippen molar-refractivity contribution >= 4 is 75.7 Å². The Morgan fingerprint density at radius 2 is 1.75 bits per heavy atom. The fraction of sp³-hybridized carbons (Fsp3) is 0.556. The number of aromatic nitrogens is 3. The maximum Gasteiger partial charge on any atom is 0.258 e. The van der Waals surface area contributed by atoms with Gasteiger partial charge in [-0.15, -0.1) is 11.3 Å². The van der Waals surface area contributed by atoms with Gasteiger partial charge in [-0.25, -0.2) is 19.3 Å². The molecule has 76 heavy (non-hydrogen) atoms. The molecule has 4 unspecified atom stereocenters. The molecule has 2 bridgehead atoms. The number of halogens is 2. The maximum absolute atomic E-state index is 14.7. The van der Waals surface area contributed by atoms with Crippen molar-refractivity contribution < 1.29 is 38.2 Å². The largest absolute Gasteiger partial charge is 0.492 e. The lowest BCUT2D eigenvalue weighted by atomic mass is 9.80. The maximum atomic E-state index is 14.7. The number of hydrogen-bond acceptors (Lipinski definition) is 15. The van der Waals surface area contributed by atoms with Crippen LogP contribution in [-0.2, 0) is 30.5 Å². The highest BCUT2D eigenvalue weighted by Gasteiger charge is 2.53. The smallest absolute Gasteiger partial charge is 0.258 e. The molecular formula is C54H69ClFN11O7S2. The quantitative estimate of drug-likeness (QED) is 0.0724. The predicted molar refractivity (Wildman–Crippen MR) is 290 cm³/mol. The van der Waals surface area contributed by atoms with Crippen molar-refractivity contribution in [2.24, 2.45) is 16.6 Å². The number of β-amino-alcohol motifs (C(OH)–C–C–N with tert-alkyl or cyclic N) is 1. The molecule has 5 amide bonds. The van der Waals surface area contributed by atoms with Crippen LogP contribution in [0.5, 0.6) is 5.75 Å². The zero-order chi connectivity index (χ0) is 54.1. The van der Waals surface area contributed by atoms with E-state index in [0.717, 1.165) is 60.7 Å². The summed E-state index contributed by atoms with van der Waals surface area (Å²) >= 11 is 9.68. The predicted octanol–water partition coefficient (Wildman–Crippen LogP) is 5.97. The Bertz CT molecular complexity index is 2790. The Kier molecular flexibility index (Phi) is 16.6. The SMILES string of the molecule is Cc1ncsc1-c1ccc(CNC(=O)C2CC(O)CN2C(=O)[C@@H](NC(=O)C2(F)CC2)C(C)(C)C)c(OCCN2CC3CCC(C2)N3C(=O)CC(=O)Nc2cccc(Sc3cnc(N4CCC(C)(CN)CC4)cn3)c2Cl)c1. The van der Waals surface area contributed by atoms with Gasteiger partial charge in [0.15, 0.2) is 5.67 Å². The number of piperidine rings is 1. The van der Waals surface area contributed by atoms with Gasteiger partial charge in [-0.2, -0.15) is 0 Å². The molecule has 408 valence electrons. The minimum atomic E-state index is -1.99. The van der Waals surface area contributed by atoms with Crippen LogP contribution in [0.1, 0.15) is 90.3 Å². The molecular weight excluding hydrogens is 1030 g/mol. The molecule has 2 aromatic carbocycles. The summed E-state index contributed by atoms with van der Waals surface area (Å²) in [6, 6.07) is 8.87. The third-order valence-corrected chi connectivity index (χ3v) is 18.0. The van der Waals surface area contributed by atoms with Crippen LogP contribution in [-0.4, -0.2) is 153 Å². The van der Waals surface area contributed by atoms with E-state index in [0.29, 0.717) is 64.7 Å². The number of hydrogen-bond donors (Lipinski definition) is 5. The van der Waals surface area contributed by atoms with E-state index in [1.807, 2.05) is 36.1 Å². The van der Waals surface area contributed by atoms with Crippen molar-refractivity contribution in [2.75, 3.05) is 62.6 Å². The number of carbonyl (C=O) groups excluding carboxylic acids is 5. The lowest BCUT2D eigenvalue weighted by Crippen LogP contribution is -2.59. The highest BCUT2D eigenvalue weighted by Crippen LogP contribution is 2.41. The molecule has 22 heteroatoms. The first-order valence-electron chi connectivity index (χ1n) is 26.2. The molecule has 1 aliphatic carbocycles. The number of ether oxygens (including phenoxy) is 1. The second kappa shape index (κ2) is 22.9. The van der Waals surface area contributed by atoms with E-state index in [4.69, 9.17) is 22.1 Å². The number of benzene rings is 2. The average Bonchev–Trinajstić information content (AvgIpc) is 3.64. The summed E-state index contributed by atoms with van der Waals surface area (Å²) in [5, 5.41) is 20.1. The lowest BCUT2D eigenvalue weighted by molar-refractivity contribution is -0.145. The Labute approximate surface area is 456 Å². The van der Waals surface area contributed by atoms with E-state index in [2.05, 4.69) is 47.6 Å². The monoisotopic (exact) mass is 1100 g/mol. The van der Waals surface area contributed by atoms with E-state index in [9.17, 15) is 33.5 Å². The molecule has 1 saturated carbocycles. The normalized spacial score (nSPS) is 22.2. The third-order valence-electron chi connectivity index (χ3n) is 15.6. The highest BCUT2D eigenvalue weighted by atomic mass is 35.5.